The van der Waals surface area contributed by atoms with Crippen molar-refractivity contribution in [2.75, 3.05) is 24.5 Å². The molecule has 0 saturated carbocycles. The molecule has 0 unspecified atom stereocenters. The number of aromatic nitrogens is 1. The van der Waals surface area contributed by atoms with Gasteiger partial charge < -0.3 is 14.6 Å². The third-order valence-electron chi connectivity index (χ3n) is 6.33. The molecule has 166 valence electrons. The minimum Gasteiger partial charge on any atom is -0.443 e. The van der Waals surface area contributed by atoms with Gasteiger partial charge in [-0.05, 0) is 61.2 Å². The number of nitrogens with zero attached hydrogens (tertiary/aromatic N) is 2. The van der Waals surface area contributed by atoms with Gasteiger partial charge in [-0.2, -0.15) is 0 Å². The second-order valence-electron chi connectivity index (χ2n) is 8.42. The van der Waals surface area contributed by atoms with Crippen molar-refractivity contribution in [2.24, 2.45) is 0 Å². The second kappa shape index (κ2) is 8.02. The highest BCUT2D eigenvalue weighted by atomic mass is 19.1. The van der Waals surface area contributed by atoms with Crippen LogP contribution in [0, 0.1) is 18.6 Å². The van der Waals surface area contributed by atoms with Crippen LogP contribution < -0.4 is 15.8 Å². The molecule has 1 amide bonds. The van der Waals surface area contributed by atoms with Crippen LogP contribution in [-0.2, 0) is 11.3 Å². The summed E-state index contributed by atoms with van der Waals surface area (Å²) in [5.41, 5.74) is 2.15. The number of halogens is 2. The Labute approximate surface area is 183 Å². The molecule has 0 spiro atoms. The van der Waals surface area contributed by atoms with Gasteiger partial charge in [0.1, 0.15) is 17.7 Å². The number of hydrogen-bond acceptors (Lipinski definition) is 4. The van der Waals surface area contributed by atoms with Crippen LogP contribution >= 0.6 is 0 Å². The first kappa shape index (κ1) is 20.6. The third-order valence-corrected chi connectivity index (χ3v) is 6.33. The van der Waals surface area contributed by atoms with Crippen LogP contribution in [0.25, 0.3) is 10.9 Å². The number of benzene rings is 2. The zero-order valence-corrected chi connectivity index (χ0v) is 17.6. The predicted octanol–water partition coefficient (Wildman–Crippen LogP) is 3.69. The number of anilines is 1. The van der Waals surface area contributed by atoms with Crippen LogP contribution in [0.5, 0.6) is 0 Å². The lowest BCUT2D eigenvalue weighted by molar-refractivity contribution is 0.140. The number of carbonyl (C=O) groups is 1. The monoisotopic (exact) mass is 439 g/mol. The fourth-order valence-electron chi connectivity index (χ4n) is 4.64. The van der Waals surface area contributed by atoms with Crippen molar-refractivity contribution in [3.8, 4) is 0 Å². The second-order valence-corrected chi connectivity index (χ2v) is 8.42. The highest BCUT2D eigenvalue weighted by molar-refractivity contribution is 5.89. The van der Waals surface area contributed by atoms with Crippen molar-refractivity contribution in [1.82, 2.24) is 9.88 Å². The highest BCUT2D eigenvalue weighted by Gasteiger charge is 2.33. The van der Waals surface area contributed by atoms with Crippen molar-refractivity contribution in [3.63, 3.8) is 0 Å². The molecule has 0 bridgehead atoms. The molecule has 2 aliphatic heterocycles. The molecule has 8 heteroatoms. The van der Waals surface area contributed by atoms with Crippen LogP contribution in [0.2, 0.25) is 0 Å². The molecule has 1 saturated heterocycles. The van der Waals surface area contributed by atoms with E-state index in [0.29, 0.717) is 54.9 Å². The minimum absolute atomic E-state index is 0.0977. The van der Waals surface area contributed by atoms with Crippen molar-refractivity contribution in [3.05, 3.63) is 75.6 Å². The van der Waals surface area contributed by atoms with E-state index in [4.69, 9.17) is 4.74 Å². The number of aryl methyl sites for hydroxylation is 1. The summed E-state index contributed by atoms with van der Waals surface area (Å²) in [5.74, 6) is -0.750. The number of hydrogen-bond donors (Lipinski definition) is 1. The molecule has 3 heterocycles. The largest absolute Gasteiger partial charge is 0.443 e. The summed E-state index contributed by atoms with van der Waals surface area (Å²) < 4.78 is 35.5. The fourth-order valence-corrected chi connectivity index (χ4v) is 4.64. The predicted molar refractivity (Wildman–Crippen MR) is 117 cm³/mol. The Morgan fingerprint density at radius 1 is 1.06 bits per heavy atom. The number of pyridine rings is 1. The number of carbonyl (C=O) groups excluding carboxylic acids is 1. The quantitative estimate of drug-likeness (QED) is 0.595. The Kier molecular flexibility index (Phi) is 5.17. The zero-order chi connectivity index (χ0) is 22.4. The number of cyclic esters (lactones) is 1. The van der Waals surface area contributed by atoms with Crippen LogP contribution in [0.1, 0.15) is 23.5 Å². The van der Waals surface area contributed by atoms with Gasteiger partial charge in [0.25, 0.3) is 5.56 Å². The van der Waals surface area contributed by atoms with Gasteiger partial charge in [-0.3, -0.25) is 9.69 Å². The molecule has 0 aliphatic carbocycles. The van der Waals surface area contributed by atoms with Gasteiger partial charge in [-0.15, -0.1) is 0 Å². The summed E-state index contributed by atoms with van der Waals surface area (Å²) in [6.45, 7) is 3.46. The fraction of sp³-hybridized carbons (Fsp3) is 0.333. The SMILES string of the molecule is Cc1ccc(N2C[C@@H](CNCC[C@H]3Cn4c(=O)ccc5ccc(F)c3c54)OC2=O)cc1F. The average molecular weight is 439 g/mol. The minimum atomic E-state index is -0.501. The van der Waals surface area contributed by atoms with E-state index >= 15 is 0 Å². The van der Waals surface area contributed by atoms with E-state index < -0.39 is 6.09 Å². The normalized spacial score (nSPS) is 19.7. The molecular weight excluding hydrogens is 416 g/mol. The van der Waals surface area contributed by atoms with Crippen molar-refractivity contribution < 1.29 is 18.3 Å². The first-order valence-electron chi connectivity index (χ1n) is 10.7. The lowest BCUT2D eigenvalue weighted by Gasteiger charge is -2.15. The smallest absolute Gasteiger partial charge is 0.414 e. The van der Waals surface area contributed by atoms with Crippen LogP contribution in [0.3, 0.4) is 0 Å². The van der Waals surface area contributed by atoms with Crippen molar-refractivity contribution >= 4 is 22.7 Å². The topological polar surface area (TPSA) is 63.6 Å². The highest BCUT2D eigenvalue weighted by Crippen LogP contribution is 2.36. The standard InChI is InChI=1S/C24H23F2N3O3/c1-14-2-5-17(10-20(14)26)28-13-18(32-24(28)31)11-27-9-8-16-12-29-21(30)7-4-15-3-6-19(25)22(16)23(15)29/h2-7,10,16,18,27H,8-9,11-13H2,1H3/t16-,18+/m0/s1. The van der Waals surface area contributed by atoms with E-state index in [2.05, 4.69) is 5.32 Å². The number of ether oxygens (including phenoxy) is 1. The van der Waals surface area contributed by atoms with Crippen LogP contribution in [-0.4, -0.2) is 36.4 Å². The van der Waals surface area contributed by atoms with E-state index in [9.17, 15) is 18.4 Å². The number of rotatable bonds is 6. The van der Waals surface area contributed by atoms with Crippen LogP contribution in [0.4, 0.5) is 19.3 Å². The van der Waals surface area contributed by atoms with Crippen molar-refractivity contribution in [1.29, 1.82) is 0 Å². The summed E-state index contributed by atoms with van der Waals surface area (Å²) >= 11 is 0. The Morgan fingerprint density at radius 2 is 1.88 bits per heavy atom. The van der Waals surface area contributed by atoms with E-state index in [1.54, 1.807) is 35.8 Å². The van der Waals surface area contributed by atoms with Gasteiger partial charge in [-0.25, -0.2) is 13.6 Å². The maximum absolute atomic E-state index is 14.6. The van der Waals surface area contributed by atoms with Crippen LogP contribution in [0.15, 0.2) is 47.3 Å². The zero-order valence-electron chi connectivity index (χ0n) is 17.6. The van der Waals surface area contributed by atoms with E-state index in [-0.39, 0.29) is 29.2 Å². The number of nitrogens with one attached hydrogen (secondary N) is 1. The summed E-state index contributed by atoms with van der Waals surface area (Å²) in [5, 5.41) is 4.14. The van der Waals surface area contributed by atoms with Gasteiger partial charge in [0, 0.05) is 30.6 Å². The Hall–Kier alpha value is -3.26. The molecule has 2 aliphatic rings. The van der Waals surface area contributed by atoms with Gasteiger partial charge in [-0.1, -0.05) is 6.07 Å². The summed E-state index contributed by atoms with van der Waals surface area (Å²) in [7, 11) is 0. The maximum atomic E-state index is 14.6. The Morgan fingerprint density at radius 3 is 2.69 bits per heavy atom. The number of amides is 1. The lowest BCUT2D eigenvalue weighted by Crippen LogP contribution is -2.32. The van der Waals surface area contributed by atoms with Gasteiger partial charge >= 0.3 is 6.09 Å². The lowest BCUT2D eigenvalue weighted by atomic mass is 9.96. The van der Waals surface area contributed by atoms with E-state index in [0.717, 1.165) is 5.39 Å². The maximum Gasteiger partial charge on any atom is 0.414 e. The summed E-state index contributed by atoms with van der Waals surface area (Å²) in [6, 6.07) is 11.1. The van der Waals surface area contributed by atoms with Gasteiger partial charge in [0.05, 0.1) is 17.7 Å². The Balaban J connectivity index is 1.19. The van der Waals surface area contributed by atoms with Gasteiger partial charge in [0.15, 0.2) is 0 Å². The van der Waals surface area contributed by atoms with E-state index in [1.807, 2.05) is 0 Å². The molecule has 1 N–H and O–H groups in total. The average Bonchev–Trinajstić information content (AvgIpc) is 3.34. The Bertz CT molecular complexity index is 1270. The third kappa shape index (κ3) is 3.54. The molecule has 1 fully saturated rings. The molecule has 2 atom stereocenters. The summed E-state index contributed by atoms with van der Waals surface area (Å²) in [4.78, 5) is 25.9. The first-order valence-corrected chi connectivity index (χ1v) is 10.7. The molecule has 5 rings (SSSR count). The molecule has 2 aromatic carbocycles. The molecule has 1 aromatic heterocycles. The first-order chi connectivity index (χ1) is 15.4. The molecule has 0 radical (unpaired) electrons. The van der Waals surface area contributed by atoms with E-state index in [1.165, 1.54) is 23.1 Å². The summed E-state index contributed by atoms with van der Waals surface area (Å²) in [6.07, 6.45) is -0.222. The molecular formula is C24H23F2N3O3. The van der Waals surface area contributed by atoms with Gasteiger partial charge in [0.2, 0.25) is 0 Å². The molecule has 3 aromatic rings. The molecule has 32 heavy (non-hydrogen) atoms. The van der Waals surface area contributed by atoms with Crippen molar-refractivity contribution in [2.45, 2.75) is 31.9 Å². The molecule has 6 nitrogen and oxygen atoms in total.